The molecule has 1 amide bonds. The fraction of sp³-hybridized carbons (Fsp3) is 0.222. The number of nitrogens with one attached hydrogen (secondary N) is 1. The van der Waals surface area contributed by atoms with Crippen LogP contribution in [0.2, 0.25) is 0 Å². The Morgan fingerprint density at radius 1 is 1.24 bits per heavy atom. The van der Waals surface area contributed by atoms with Crippen molar-refractivity contribution in [2.75, 3.05) is 5.32 Å². The van der Waals surface area contributed by atoms with Gasteiger partial charge in [0.2, 0.25) is 5.91 Å². The van der Waals surface area contributed by atoms with Gasteiger partial charge in [0, 0.05) is 11.8 Å². The molecule has 1 unspecified atom stereocenters. The Labute approximate surface area is 141 Å². The number of nitriles is 1. The molecule has 4 nitrogen and oxygen atoms in total. The number of rotatable bonds is 3. The van der Waals surface area contributed by atoms with Crippen molar-refractivity contribution < 1.29 is 22.7 Å². The van der Waals surface area contributed by atoms with Gasteiger partial charge in [0.15, 0.2) is 0 Å². The SMILES string of the molecule is CC1(Cc2ccccc2C#N)C(=O)Nc2cc(OC(F)(F)F)ccc21. The van der Waals surface area contributed by atoms with E-state index in [1.165, 1.54) is 12.1 Å². The molecule has 1 atom stereocenters. The van der Waals surface area contributed by atoms with E-state index in [-0.39, 0.29) is 18.0 Å². The third-order valence-electron chi connectivity index (χ3n) is 4.25. The van der Waals surface area contributed by atoms with Crippen molar-refractivity contribution in [3.8, 4) is 11.8 Å². The van der Waals surface area contributed by atoms with E-state index in [0.717, 1.165) is 6.07 Å². The smallest absolute Gasteiger partial charge is 0.406 e. The molecule has 3 rings (SSSR count). The highest BCUT2D eigenvalue weighted by atomic mass is 19.4. The van der Waals surface area contributed by atoms with Crippen molar-refractivity contribution in [1.82, 2.24) is 0 Å². The number of benzene rings is 2. The van der Waals surface area contributed by atoms with Gasteiger partial charge in [-0.3, -0.25) is 4.79 Å². The van der Waals surface area contributed by atoms with Gasteiger partial charge in [-0.15, -0.1) is 13.2 Å². The molecule has 0 aromatic heterocycles. The molecule has 0 aliphatic carbocycles. The molecule has 1 aliphatic heterocycles. The minimum absolute atomic E-state index is 0.259. The predicted octanol–water partition coefficient (Wildman–Crippen LogP) is 3.91. The van der Waals surface area contributed by atoms with Crippen LogP contribution in [0.15, 0.2) is 42.5 Å². The number of hydrogen-bond acceptors (Lipinski definition) is 3. The summed E-state index contributed by atoms with van der Waals surface area (Å²) >= 11 is 0. The monoisotopic (exact) mass is 346 g/mol. The van der Waals surface area contributed by atoms with E-state index in [4.69, 9.17) is 0 Å². The maximum atomic E-state index is 12.5. The lowest BCUT2D eigenvalue weighted by atomic mass is 9.77. The van der Waals surface area contributed by atoms with Crippen LogP contribution in [0.3, 0.4) is 0 Å². The van der Waals surface area contributed by atoms with Crippen LogP contribution in [-0.2, 0) is 16.6 Å². The van der Waals surface area contributed by atoms with Gasteiger partial charge in [0.05, 0.1) is 17.0 Å². The summed E-state index contributed by atoms with van der Waals surface area (Å²) in [6.07, 6.45) is -4.54. The summed E-state index contributed by atoms with van der Waals surface area (Å²) in [5, 5.41) is 11.8. The molecule has 0 bridgehead atoms. The average molecular weight is 346 g/mol. The van der Waals surface area contributed by atoms with E-state index < -0.39 is 17.5 Å². The molecule has 128 valence electrons. The summed E-state index contributed by atoms with van der Waals surface area (Å²) in [5.74, 6) is -0.729. The fourth-order valence-corrected chi connectivity index (χ4v) is 3.03. The van der Waals surface area contributed by atoms with Crippen molar-refractivity contribution in [3.63, 3.8) is 0 Å². The zero-order chi connectivity index (χ0) is 18.2. The summed E-state index contributed by atoms with van der Waals surface area (Å²) in [7, 11) is 0. The van der Waals surface area contributed by atoms with Crippen molar-refractivity contribution in [1.29, 1.82) is 5.26 Å². The molecular formula is C18H13F3N2O2. The number of nitrogens with zero attached hydrogens (tertiary/aromatic N) is 1. The van der Waals surface area contributed by atoms with Gasteiger partial charge in [-0.25, -0.2) is 0 Å². The van der Waals surface area contributed by atoms with Gasteiger partial charge in [-0.2, -0.15) is 5.26 Å². The van der Waals surface area contributed by atoms with Gasteiger partial charge < -0.3 is 10.1 Å². The first-order valence-electron chi connectivity index (χ1n) is 7.43. The second-order valence-electron chi connectivity index (χ2n) is 5.99. The van der Waals surface area contributed by atoms with Crippen LogP contribution in [0, 0.1) is 11.3 Å². The van der Waals surface area contributed by atoms with Crippen molar-refractivity contribution >= 4 is 11.6 Å². The van der Waals surface area contributed by atoms with Crippen molar-refractivity contribution in [2.45, 2.75) is 25.1 Å². The Morgan fingerprint density at radius 2 is 1.96 bits per heavy atom. The molecule has 0 spiro atoms. The van der Waals surface area contributed by atoms with Gasteiger partial charge in [0.1, 0.15) is 5.75 Å². The second kappa shape index (κ2) is 5.81. The normalized spacial score (nSPS) is 19.1. The number of anilines is 1. The number of halogens is 3. The van der Waals surface area contributed by atoms with Gasteiger partial charge in [-0.1, -0.05) is 24.3 Å². The number of ether oxygens (including phenoxy) is 1. The molecule has 1 heterocycles. The molecule has 2 aromatic rings. The van der Waals surface area contributed by atoms with E-state index in [1.807, 2.05) is 0 Å². The van der Waals surface area contributed by atoms with Crippen LogP contribution in [0.1, 0.15) is 23.6 Å². The van der Waals surface area contributed by atoms with E-state index in [1.54, 1.807) is 31.2 Å². The summed E-state index contributed by atoms with van der Waals surface area (Å²) in [6, 6.07) is 12.8. The maximum Gasteiger partial charge on any atom is 0.573 e. The molecule has 25 heavy (non-hydrogen) atoms. The highest BCUT2D eigenvalue weighted by Gasteiger charge is 2.43. The quantitative estimate of drug-likeness (QED) is 0.917. The third kappa shape index (κ3) is 3.15. The number of hydrogen-bond donors (Lipinski definition) is 1. The van der Waals surface area contributed by atoms with Gasteiger partial charge >= 0.3 is 6.36 Å². The zero-order valence-electron chi connectivity index (χ0n) is 13.1. The van der Waals surface area contributed by atoms with E-state index >= 15 is 0 Å². The Morgan fingerprint density at radius 3 is 2.64 bits per heavy atom. The lowest BCUT2D eigenvalue weighted by Crippen LogP contribution is -2.33. The molecule has 0 saturated heterocycles. The first-order chi connectivity index (χ1) is 11.7. The first-order valence-corrected chi connectivity index (χ1v) is 7.43. The highest BCUT2D eigenvalue weighted by Crippen LogP contribution is 2.42. The number of carbonyl (C=O) groups excluding carboxylic acids is 1. The minimum atomic E-state index is -4.80. The molecule has 0 radical (unpaired) electrons. The van der Waals surface area contributed by atoms with Gasteiger partial charge in [0.25, 0.3) is 0 Å². The lowest BCUT2D eigenvalue weighted by Gasteiger charge is -2.23. The second-order valence-corrected chi connectivity index (χ2v) is 5.99. The van der Waals surface area contributed by atoms with Crippen molar-refractivity contribution in [2.24, 2.45) is 0 Å². The number of amides is 1. The standard InChI is InChI=1S/C18H13F3N2O2/c1-17(9-11-4-2-3-5-12(11)10-22)14-7-6-13(25-18(19,20)21)8-15(14)23-16(17)24/h2-8H,9H2,1H3,(H,23,24). The Bertz CT molecular complexity index is 887. The summed E-state index contributed by atoms with van der Waals surface area (Å²) in [5.41, 5.74) is 1.02. The summed E-state index contributed by atoms with van der Waals surface area (Å²) in [4.78, 5) is 12.5. The van der Waals surface area contributed by atoms with Gasteiger partial charge in [-0.05, 0) is 36.6 Å². The Kier molecular flexibility index (Phi) is 3.91. The van der Waals surface area contributed by atoms with Crippen LogP contribution in [-0.4, -0.2) is 12.3 Å². The molecule has 7 heteroatoms. The molecule has 2 aromatic carbocycles. The fourth-order valence-electron chi connectivity index (χ4n) is 3.03. The van der Waals surface area contributed by atoms with Crippen molar-refractivity contribution in [3.05, 3.63) is 59.2 Å². The minimum Gasteiger partial charge on any atom is -0.406 e. The largest absolute Gasteiger partial charge is 0.573 e. The van der Waals surface area contributed by atoms with Crippen LogP contribution in [0.25, 0.3) is 0 Å². The molecule has 0 saturated carbocycles. The third-order valence-corrected chi connectivity index (χ3v) is 4.25. The highest BCUT2D eigenvalue weighted by molar-refractivity contribution is 6.06. The van der Waals surface area contributed by atoms with Crippen LogP contribution < -0.4 is 10.1 Å². The topological polar surface area (TPSA) is 62.1 Å². The van der Waals surface area contributed by atoms with E-state index in [9.17, 15) is 23.2 Å². The predicted molar refractivity (Wildman–Crippen MR) is 84.0 cm³/mol. The molecular weight excluding hydrogens is 333 g/mol. The molecule has 0 fully saturated rings. The number of alkyl halides is 3. The average Bonchev–Trinajstić information content (AvgIpc) is 2.77. The molecule has 1 aliphatic rings. The van der Waals surface area contributed by atoms with E-state index in [0.29, 0.717) is 16.7 Å². The zero-order valence-corrected chi connectivity index (χ0v) is 13.1. The van der Waals surface area contributed by atoms with Crippen LogP contribution >= 0.6 is 0 Å². The number of carbonyl (C=O) groups is 1. The lowest BCUT2D eigenvalue weighted by molar-refractivity contribution is -0.274. The molecule has 1 N–H and O–H groups in total. The number of fused-ring (bicyclic) bond motifs is 1. The summed E-state index contributed by atoms with van der Waals surface area (Å²) in [6.45, 7) is 1.70. The Hall–Kier alpha value is -3.01. The maximum absolute atomic E-state index is 12.5. The van der Waals surface area contributed by atoms with E-state index in [2.05, 4.69) is 16.1 Å². The van der Waals surface area contributed by atoms with Crippen LogP contribution in [0.4, 0.5) is 18.9 Å². The van der Waals surface area contributed by atoms with Crippen LogP contribution in [0.5, 0.6) is 5.75 Å². The summed E-state index contributed by atoms with van der Waals surface area (Å²) < 4.78 is 40.9. The Balaban J connectivity index is 1.97. The first kappa shape index (κ1) is 16.8.